The minimum atomic E-state index is -1.41. The Hall–Kier alpha value is -2.15. The molecule has 2 rings (SSSR count). The van der Waals surface area contributed by atoms with Crippen molar-refractivity contribution in [3.63, 3.8) is 0 Å². The van der Waals surface area contributed by atoms with Crippen molar-refractivity contribution in [1.82, 2.24) is 0 Å². The first-order chi connectivity index (χ1) is 9.79. The molecule has 0 aromatic heterocycles. The number of hydrogen-bond acceptors (Lipinski definition) is 3. The summed E-state index contributed by atoms with van der Waals surface area (Å²) in [6.45, 7) is 1.74. The van der Waals surface area contributed by atoms with Crippen LogP contribution in [0.3, 0.4) is 0 Å². The Morgan fingerprint density at radius 1 is 1.19 bits per heavy atom. The van der Waals surface area contributed by atoms with Gasteiger partial charge in [0.25, 0.3) is 0 Å². The summed E-state index contributed by atoms with van der Waals surface area (Å²) >= 11 is 3.06. The van der Waals surface area contributed by atoms with Crippen molar-refractivity contribution in [1.29, 1.82) is 0 Å². The van der Waals surface area contributed by atoms with Crippen LogP contribution in [0.1, 0.15) is 15.9 Å². The first-order valence-electron chi connectivity index (χ1n) is 5.84. The average molecular weight is 357 g/mol. The highest BCUT2D eigenvalue weighted by Crippen LogP contribution is 2.30. The first kappa shape index (κ1) is 15.2. The Balaban J connectivity index is 2.43. The molecule has 0 radical (unpaired) electrons. The van der Waals surface area contributed by atoms with Gasteiger partial charge in [0.1, 0.15) is 11.6 Å². The molecule has 21 heavy (non-hydrogen) atoms. The number of carboxylic acids is 1. The highest BCUT2D eigenvalue weighted by atomic mass is 79.9. The molecule has 0 aliphatic heterocycles. The van der Waals surface area contributed by atoms with Crippen LogP contribution in [0, 0.1) is 18.6 Å². The topological polar surface area (TPSA) is 75.3 Å². The van der Waals surface area contributed by atoms with E-state index in [4.69, 9.17) is 10.8 Å². The third-order valence-electron chi connectivity index (χ3n) is 2.91. The van der Waals surface area contributed by atoms with Crippen LogP contribution in [0.15, 0.2) is 28.7 Å². The molecule has 0 unspecified atom stereocenters. The van der Waals surface area contributed by atoms with Gasteiger partial charge >= 0.3 is 5.97 Å². The van der Waals surface area contributed by atoms with E-state index in [1.54, 1.807) is 13.0 Å². The summed E-state index contributed by atoms with van der Waals surface area (Å²) in [5.74, 6) is -2.81. The highest BCUT2D eigenvalue weighted by Gasteiger charge is 2.14. The van der Waals surface area contributed by atoms with E-state index in [0.29, 0.717) is 15.7 Å². The number of hydrogen-bond donors (Lipinski definition) is 3. The van der Waals surface area contributed by atoms with Crippen LogP contribution in [0.25, 0.3) is 0 Å². The molecule has 0 bridgehead atoms. The maximum atomic E-state index is 13.7. The van der Waals surface area contributed by atoms with Gasteiger partial charge in [-0.05, 0) is 46.6 Å². The molecule has 110 valence electrons. The second kappa shape index (κ2) is 5.69. The van der Waals surface area contributed by atoms with E-state index in [1.807, 2.05) is 0 Å². The predicted molar refractivity (Wildman–Crippen MR) is 79.9 cm³/mol. The predicted octanol–water partition coefficient (Wildman–Crippen LogP) is 4.06. The van der Waals surface area contributed by atoms with Crippen LogP contribution in [-0.4, -0.2) is 11.1 Å². The molecule has 2 aromatic rings. The van der Waals surface area contributed by atoms with Gasteiger partial charge in [0.15, 0.2) is 0 Å². The molecule has 0 spiro atoms. The largest absolute Gasteiger partial charge is 0.478 e. The lowest BCUT2D eigenvalue weighted by atomic mass is 10.1. The van der Waals surface area contributed by atoms with Gasteiger partial charge in [-0.3, -0.25) is 0 Å². The van der Waals surface area contributed by atoms with Gasteiger partial charge in [-0.2, -0.15) is 0 Å². The third-order valence-corrected chi connectivity index (χ3v) is 3.51. The van der Waals surface area contributed by atoms with Gasteiger partial charge < -0.3 is 16.2 Å². The fourth-order valence-corrected chi connectivity index (χ4v) is 2.25. The van der Waals surface area contributed by atoms with E-state index < -0.39 is 23.2 Å². The van der Waals surface area contributed by atoms with Crippen LogP contribution >= 0.6 is 15.9 Å². The molecule has 0 atom stereocenters. The fraction of sp³-hybridized carbons (Fsp3) is 0.0714. The number of rotatable bonds is 3. The summed E-state index contributed by atoms with van der Waals surface area (Å²) in [4.78, 5) is 10.8. The Morgan fingerprint density at radius 2 is 1.81 bits per heavy atom. The van der Waals surface area contributed by atoms with E-state index in [0.717, 1.165) is 12.1 Å². The maximum absolute atomic E-state index is 13.7. The first-order valence-corrected chi connectivity index (χ1v) is 6.64. The van der Waals surface area contributed by atoms with Crippen molar-refractivity contribution < 1.29 is 18.7 Å². The number of nitrogens with two attached hydrogens (primary N) is 1. The summed E-state index contributed by atoms with van der Waals surface area (Å²) in [6.07, 6.45) is 0. The number of nitrogens with one attached hydrogen (secondary N) is 1. The zero-order valence-electron chi connectivity index (χ0n) is 10.9. The molecule has 0 saturated carbocycles. The molecule has 0 heterocycles. The molecule has 0 aliphatic rings. The molecular weight excluding hydrogens is 346 g/mol. The second-order valence-corrected chi connectivity index (χ2v) is 5.29. The van der Waals surface area contributed by atoms with Crippen molar-refractivity contribution in [2.45, 2.75) is 6.92 Å². The van der Waals surface area contributed by atoms with Gasteiger partial charge in [-0.1, -0.05) is 0 Å². The lowest BCUT2D eigenvalue weighted by Crippen LogP contribution is -2.05. The number of carboxylic acid groups (broad SMARTS) is 1. The number of aryl methyl sites for hydroxylation is 1. The summed E-state index contributed by atoms with van der Waals surface area (Å²) in [5.41, 5.74) is 6.52. The van der Waals surface area contributed by atoms with E-state index >= 15 is 0 Å². The van der Waals surface area contributed by atoms with Gasteiger partial charge in [0, 0.05) is 11.8 Å². The summed E-state index contributed by atoms with van der Waals surface area (Å²) in [5, 5.41) is 11.6. The molecule has 0 saturated heterocycles. The molecule has 7 heteroatoms. The van der Waals surface area contributed by atoms with E-state index in [2.05, 4.69) is 21.2 Å². The third kappa shape index (κ3) is 3.13. The van der Waals surface area contributed by atoms with Crippen LogP contribution in [0.5, 0.6) is 0 Å². The zero-order valence-corrected chi connectivity index (χ0v) is 12.5. The van der Waals surface area contributed by atoms with Crippen LogP contribution in [-0.2, 0) is 0 Å². The minimum absolute atomic E-state index is 0.0523. The number of aromatic carboxylic acids is 1. The number of carbonyl (C=O) groups is 1. The Bertz CT molecular complexity index is 735. The van der Waals surface area contributed by atoms with Crippen molar-refractivity contribution in [3.05, 3.63) is 51.5 Å². The van der Waals surface area contributed by atoms with E-state index in [1.165, 1.54) is 6.07 Å². The quantitative estimate of drug-likeness (QED) is 0.725. The Labute approximate surface area is 127 Å². The SMILES string of the molecule is Cc1cc(Br)c(F)cc1Nc1cc(F)c(C(=O)O)cc1N. The Morgan fingerprint density at radius 3 is 2.43 bits per heavy atom. The zero-order chi connectivity index (χ0) is 15.7. The van der Waals surface area contributed by atoms with Gasteiger partial charge in [-0.15, -0.1) is 0 Å². The van der Waals surface area contributed by atoms with Crippen LogP contribution in [0.4, 0.5) is 25.8 Å². The smallest absolute Gasteiger partial charge is 0.338 e. The number of anilines is 3. The normalized spacial score (nSPS) is 10.5. The maximum Gasteiger partial charge on any atom is 0.338 e. The second-order valence-electron chi connectivity index (χ2n) is 4.43. The van der Waals surface area contributed by atoms with E-state index in [9.17, 15) is 13.6 Å². The molecular formula is C14H11BrF2N2O2. The molecule has 0 amide bonds. The number of benzene rings is 2. The van der Waals surface area contributed by atoms with Crippen molar-refractivity contribution in [2.75, 3.05) is 11.1 Å². The van der Waals surface area contributed by atoms with Gasteiger partial charge in [0.05, 0.1) is 21.4 Å². The summed E-state index contributed by atoms with van der Waals surface area (Å²) < 4.78 is 27.5. The van der Waals surface area contributed by atoms with Crippen molar-refractivity contribution >= 4 is 39.0 Å². The minimum Gasteiger partial charge on any atom is -0.478 e. The number of halogens is 3. The fourth-order valence-electron chi connectivity index (χ4n) is 1.79. The Kier molecular flexibility index (Phi) is 4.13. The number of nitrogen functional groups attached to an aromatic ring is 1. The van der Waals surface area contributed by atoms with Crippen LogP contribution < -0.4 is 11.1 Å². The van der Waals surface area contributed by atoms with Crippen molar-refractivity contribution in [3.8, 4) is 0 Å². The van der Waals surface area contributed by atoms with Gasteiger partial charge in [0.2, 0.25) is 0 Å². The standard InChI is InChI=1S/C14H11BrF2N2O2/c1-6-2-8(15)10(17)5-12(6)19-13-4-9(16)7(14(20)21)3-11(13)18/h2-5,19H,18H2,1H3,(H,20,21). The van der Waals surface area contributed by atoms with E-state index in [-0.39, 0.29) is 11.4 Å². The molecule has 4 N–H and O–H groups in total. The molecule has 0 fully saturated rings. The lowest BCUT2D eigenvalue weighted by molar-refractivity contribution is 0.0692. The lowest BCUT2D eigenvalue weighted by Gasteiger charge is -2.13. The summed E-state index contributed by atoms with van der Waals surface area (Å²) in [6, 6.07) is 4.79. The molecule has 0 aliphatic carbocycles. The molecule has 4 nitrogen and oxygen atoms in total. The summed E-state index contributed by atoms with van der Waals surface area (Å²) in [7, 11) is 0. The monoisotopic (exact) mass is 356 g/mol. The highest BCUT2D eigenvalue weighted by molar-refractivity contribution is 9.10. The molecule has 2 aromatic carbocycles. The van der Waals surface area contributed by atoms with Crippen LogP contribution in [0.2, 0.25) is 0 Å². The van der Waals surface area contributed by atoms with Gasteiger partial charge in [-0.25, -0.2) is 13.6 Å². The average Bonchev–Trinajstić information content (AvgIpc) is 2.39. The van der Waals surface area contributed by atoms with Crippen molar-refractivity contribution in [2.24, 2.45) is 0 Å².